The Morgan fingerprint density at radius 2 is 2.04 bits per heavy atom. The number of halogens is 1. The summed E-state index contributed by atoms with van der Waals surface area (Å²) < 4.78 is 6.55. The lowest BCUT2D eigenvalue weighted by molar-refractivity contribution is 0.0577. The summed E-state index contributed by atoms with van der Waals surface area (Å²) in [4.78, 5) is 1.12. The third kappa shape index (κ3) is 5.98. The molecule has 23 heavy (non-hydrogen) atoms. The molecule has 1 unspecified atom stereocenters. The summed E-state index contributed by atoms with van der Waals surface area (Å²) in [5.74, 6) is 0.517. The van der Waals surface area contributed by atoms with E-state index in [4.69, 9.17) is 21.7 Å². The van der Waals surface area contributed by atoms with Crippen molar-refractivity contribution in [3.63, 3.8) is 0 Å². The molecule has 2 rings (SSSR count). The van der Waals surface area contributed by atoms with E-state index < -0.39 is 0 Å². The van der Waals surface area contributed by atoms with Gasteiger partial charge in [0.05, 0.1) is 22.9 Å². The van der Waals surface area contributed by atoms with Gasteiger partial charge >= 0.3 is 0 Å². The average molecular weight is 351 g/mol. The number of rotatable bonds is 7. The molecule has 0 saturated heterocycles. The van der Waals surface area contributed by atoms with E-state index >= 15 is 0 Å². The van der Waals surface area contributed by atoms with Crippen molar-refractivity contribution in [3.05, 3.63) is 56.2 Å². The van der Waals surface area contributed by atoms with E-state index in [1.807, 2.05) is 19.1 Å². The number of benzene rings is 1. The highest BCUT2D eigenvalue weighted by molar-refractivity contribution is 7.16. The van der Waals surface area contributed by atoms with Crippen LogP contribution in [-0.2, 0) is 17.8 Å². The summed E-state index contributed by atoms with van der Waals surface area (Å²) in [6, 6.07) is 10.2. The number of thiophene rings is 1. The summed E-state index contributed by atoms with van der Waals surface area (Å²) in [6.45, 7) is 7.39. The van der Waals surface area contributed by atoms with Crippen LogP contribution in [-0.4, -0.2) is 18.5 Å². The molecule has 2 aromatic rings. The number of nitrogens with one attached hydrogen (secondary N) is 2. The molecule has 5 heteroatoms. The summed E-state index contributed by atoms with van der Waals surface area (Å²) in [5, 5.41) is 11.2. The average Bonchev–Trinajstić information content (AvgIpc) is 2.92. The second-order valence-electron chi connectivity index (χ2n) is 5.78. The molecule has 0 amide bonds. The van der Waals surface area contributed by atoms with Gasteiger partial charge in [0.25, 0.3) is 0 Å². The van der Waals surface area contributed by atoms with Crippen LogP contribution in [0.2, 0.25) is 4.34 Å². The van der Waals surface area contributed by atoms with E-state index in [0.717, 1.165) is 14.8 Å². The lowest BCUT2D eigenvalue weighted by Gasteiger charge is -2.15. The Bertz CT molecular complexity index is 669. The minimum absolute atomic E-state index is 0.0379. The number of ether oxygens (including phenoxy) is 1. The minimum Gasteiger partial charge on any atom is -0.371 e. The lowest BCUT2D eigenvalue weighted by atomic mass is 10.0. The second-order valence-corrected chi connectivity index (χ2v) is 7.58. The van der Waals surface area contributed by atoms with E-state index in [9.17, 15) is 0 Å². The van der Waals surface area contributed by atoms with Gasteiger partial charge in [0.1, 0.15) is 0 Å². The molecule has 0 bridgehead atoms. The van der Waals surface area contributed by atoms with Crippen LogP contribution in [0.3, 0.4) is 0 Å². The van der Waals surface area contributed by atoms with Crippen molar-refractivity contribution in [3.8, 4) is 0 Å². The third-order valence-electron chi connectivity index (χ3n) is 3.69. The van der Waals surface area contributed by atoms with Crippen LogP contribution >= 0.6 is 22.9 Å². The molecule has 0 aliphatic carbocycles. The monoisotopic (exact) mass is 350 g/mol. The molecule has 0 aliphatic heterocycles. The highest BCUT2D eigenvalue weighted by atomic mass is 35.5. The van der Waals surface area contributed by atoms with E-state index in [2.05, 4.69) is 37.4 Å². The van der Waals surface area contributed by atoms with Crippen LogP contribution < -0.4 is 5.32 Å². The van der Waals surface area contributed by atoms with Gasteiger partial charge in [0.15, 0.2) is 0 Å². The molecule has 1 heterocycles. The van der Waals surface area contributed by atoms with Crippen molar-refractivity contribution < 1.29 is 4.74 Å². The SMILES string of the molecule is Cc1ccc(CC(=N)NCC(C)OCc2ccc(Cl)s2)cc1C. The van der Waals surface area contributed by atoms with Crippen LogP contribution in [0.15, 0.2) is 30.3 Å². The Morgan fingerprint density at radius 3 is 2.70 bits per heavy atom. The van der Waals surface area contributed by atoms with Crippen LogP contribution in [0, 0.1) is 19.3 Å². The summed E-state index contributed by atoms with van der Waals surface area (Å²) in [6.07, 6.45) is 0.657. The second kappa shape index (κ2) is 8.48. The van der Waals surface area contributed by atoms with Crippen molar-refractivity contribution in [1.82, 2.24) is 5.32 Å². The number of amidine groups is 1. The van der Waals surface area contributed by atoms with Crippen molar-refractivity contribution in [2.24, 2.45) is 0 Å². The van der Waals surface area contributed by atoms with E-state index in [1.165, 1.54) is 22.5 Å². The molecule has 2 N–H and O–H groups in total. The fourth-order valence-corrected chi connectivity index (χ4v) is 3.17. The largest absolute Gasteiger partial charge is 0.371 e. The van der Waals surface area contributed by atoms with Gasteiger partial charge in [-0.2, -0.15) is 0 Å². The van der Waals surface area contributed by atoms with E-state index in [1.54, 1.807) is 0 Å². The normalized spacial score (nSPS) is 12.2. The Balaban J connectivity index is 1.71. The fraction of sp³-hybridized carbons (Fsp3) is 0.389. The zero-order valence-electron chi connectivity index (χ0n) is 13.8. The van der Waals surface area contributed by atoms with Gasteiger partial charge < -0.3 is 10.1 Å². The van der Waals surface area contributed by atoms with Crippen molar-refractivity contribution in [2.75, 3.05) is 6.54 Å². The van der Waals surface area contributed by atoms with Crippen LogP contribution in [0.5, 0.6) is 0 Å². The first-order valence-electron chi connectivity index (χ1n) is 7.67. The molecule has 3 nitrogen and oxygen atoms in total. The molecule has 0 fully saturated rings. The van der Waals surface area contributed by atoms with Crippen molar-refractivity contribution >= 4 is 28.8 Å². The molecule has 0 saturated carbocycles. The van der Waals surface area contributed by atoms with E-state index in [0.29, 0.717) is 25.4 Å². The van der Waals surface area contributed by atoms with Crippen molar-refractivity contribution in [1.29, 1.82) is 5.41 Å². The number of hydrogen-bond acceptors (Lipinski definition) is 3. The first-order chi connectivity index (χ1) is 10.9. The van der Waals surface area contributed by atoms with Crippen LogP contribution in [0.1, 0.15) is 28.5 Å². The van der Waals surface area contributed by atoms with Gasteiger partial charge in [0.2, 0.25) is 0 Å². The van der Waals surface area contributed by atoms with Crippen molar-refractivity contribution in [2.45, 2.75) is 39.9 Å². The molecule has 0 aliphatic rings. The molecule has 0 radical (unpaired) electrons. The Hall–Kier alpha value is -1.36. The standard InChI is InChI=1S/C18H23ClN2OS/c1-12-4-5-15(8-13(12)2)9-18(20)21-10-14(3)22-11-16-6-7-17(19)23-16/h4-8,14H,9-11H2,1-3H3,(H2,20,21). The minimum atomic E-state index is 0.0379. The first-order valence-corrected chi connectivity index (χ1v) is 8.86. The summed E-state index contributed by atoms with van der Waals surface area (Å²) >= 11 is 7.43. The highest BCUT2D eigenvalue weighted by Gasteiger charge is 2.06. The topological polar surface area (TPSA) is 45.1 Å². The predicted octanol–water partition coefficient (Wildman–Crippen LogP) is 4.73. The van der Waals surface area contributed by atoms with Gasteiger partial charge in [-0.1, -0.05) is 29.8 Å². The third-order valence-corrected chi connectivity index (χ3v) is 4.90. The summed E-state index contributed by atoms with van der Waals surface area (Å²) in [5.41, 5.74) is 3.71. The van der Waals surface area contributed by atoms with Crippen LogP contribution in [0.25, 0.3) is 0 Å². The molecule has 1 aromatic heterocycles. The molecule has 124 valence electrons. The maximum atomic E-state index is 8.06. The smallest absolute Gasteiger partial charge is 0.0977 e. The Morgan fingerprint density at radius 1 is 1.26 bits per heavy atom. The van der Waals surface area contributed by atoms with Gasteiger partial charge in [-0.05, 0) is 49.6 Å². The van der Waals surface area contributed by atoms with E-state index in [-0.39, 0.29) is 6.10 Å². The van der Waals surface area contributed by atoms with Crippen LogP contribution in [0.4, 0.5) is 0 Å². The lowest BCUT2D eigenvalue weighted by Crippen LogP contribution is -2.32. The number of hydrogen-bond donors (Lipinski definition) is 2. The van der Waals surface area contributed by atoms with Gasteiger partial charge in [0, 0.05) is 17.8 Å². The van der Waals surface area contributed by atoms with Gasteiger partial charge in [-0.25, -0.2) is 0 Å². The van der Waals surface area contributed by atoms with Gasteiger partial charge in [-0.15, -0.1) is 11.3 Å². The Kier molecular flexibility index (Phi) is 6.63. The maximum Gasteiger partial charge on any atom is 0.0977 e. The predicted molar refractivity (Wildman–Crippen MR) is 98.9 cm³/mol. The van der Waals surface area contributed by atoms with Gasteiger partial charge in [-0.3, -0.25) is 5.41 Å². The Labute approximate surface area is 147 Å². The molecule has 0 spiro atoms. The first kappa shape index (κ1) is 18.0. The number of aryl methyl sites for hydroxylation is 2. The molecule has 1 atom stereocenters. The highest BCUT2D eigenvalue weighted by Crippen LogP contribution is 2.22. The molecule has 1 aromatic carbocycles. The quantitative estimate of drug-likeness (QED) is 0.560. The molecular formula is C18H23ClN2OS. The molecular weight excluding hydrogens is 328 g/mol. The maximum absolute atomic E-state index is 8.06. The fourth-order valence-electron chi connectivity index (χ4n) is 2.16. The zero-order chi connectivity index (χ0) is 16.8. The summed E-state index contributed by atoms with van der Waals surface area (Å²) in [7, 11) is 0. The zero-order valence-corrected chi connectivity index (χ0v) is 15.4.